The van der Waals surface area contributed by atoms with Crippen molar-refractivity contribution in [3.63, 3.8) is 0 Å². The van der Waals surface area contributed by atoms with Crippen LogP contribution in [0, 0.1) is 25.2 Å². The number of rotatable bonds is 2. The molecule has 0 amide bonds. The predicted molar refractivity (Wildman–Crippen MR) is 60.9 cm³/mol. The number of hydrogen-bond donors (Lipinski definition) is 1. The first kappa shape index (κ1) is 10.2. The smallest absolute Gasteiger partial charge is 0.237 e. The Morgan fingerprint density at radius 2 is 2.31 bits per heavy atom. The fourth-order valence-corrected chi connectivity index (χ4v) is 1.38. The first-order chi connectivity index (χ1) is 7.72. The summed E-state index contributed by atoms with van der Waals surface area (Å²) < 4.78 is 5.40. The van der Waals surface area contributed by atoms with Gasteiger partial charge in [-0.25, -0.2) is 4.99 Å². The van der Waals surface area contributed by atoms with Crippen molar-refractivity contribution in [3.8, 4) is 6.07 Å². The predicted octanol–water partition coefficient (Wildman–Crippen LogP) is 2.85. The highest BCUT2D eigenvalue weighted by Crippen LogP contribution is 2.27. The van der Waals surface area contributed by atoms with Gasteiger partial charge in [-0.1, -0.05) is 0 Å². The van der Waals surface area contributed by atoms with Gasteiger partial charge in [0.25, 0.3) is 0 Å². The number of H-pyrrole nitrogens is 1. The first-order valence-electron chi connectivity index (χ1n) is 4.90. The third kappa shape index (κ3) is 1.75. The molecule has 0 spiro atoms. The number of nitrogens with one attached hydrogen (secondary N) is 1. The molecule has 0 bridgehead atoms. The molecule has 0 radical (unpaired) electrons. The highest BCUT2D eigenvalue weighted by atomic mass is 16.4. The van der Waals surface area contributed by atoms with Crippen LogP contribution in [0.3, 0.4) is 0 Å². The largest absolute Gasteiger partial charge is 0.442 e. The monoisotopic (exact) mass is 213 g/mol. The van der Waals surface area contributed by atoms with Gasteiger partial charge in [0, 0.05) is 11.8 Å². The van der Waals surface area contributed by atoms with E-state index in [2.05, 4.69) is 16.0 Å². The van der Waals surface area contributed by atoms with E-state index < -0.39 is 0 Å². The average molecular weight is 213 g/mol. The molecule has 0 aliphatic rings. The van der Waals surface area contributed by atoms with E-state index in [9.17, 15) is 0 Å². The fraction of sp³-hybridized carbons (Fsp3) is 0.167. The number of aromatic amines is 1. The zero-order valence-electron chi connectivity index (χ0n) is 9.11. The summed E-state index contributed by atoms with van der Waals surface area (Å²) in [7, 11) is 0. The summed E-state index contributed by atoms with van der Waals surface area (Å²) in [5.41, 5.74) is 2.22. The third-order valence-corrected chi connectivity index (χ3v) is 2.42. The summed E-state index contributed by atoms with van der Waals surface area (Å²) >= 11 is 0. The lowest BCUT2D eigenvalue weighted by atomic mass is 10.2. The molecule has 0 saturated heterocycles. The molecule has 2 aromatic rings. The van der Waals surface area contributed by atoms with Crippen molar-refractivity contribution >= 4 is 12.1 Å². The number of hydrogen-bond acceptors (Lipinski definition) is 3. The van der Waals surface area contributed by atoms with Crippen molar-refractivity contribution in [1.29, 1.82) is 5.26 Å². The van der Waals surface area contributed by atoms with Crippen LogP contribution in [-0.2, 0) is 0 Å². The molecule has 0 atom stereocenters. The zero-order chi connectivity index (χ0) is 11.5. The van der Waals surface area contributed by atoms with E-state index in [1.54, 1.807) is 6.21 Å². The number of aromatic nitrogens is 1. The van der Waals surface area contributed by atoms with Crippen molar-refractivity contribution in [2.75, 3.05) is 0 Å². The summed E-state index contributed by atoms with van der Waals surface area (Å²) in [4.78, 5) is 7.15. The van der Waals surface area contributed by atoms with Gasteiger partial charge in [0.05, 0.1) is 11.9 Å². The Labute approximate surface area is 93.2 Å². The maximum Gasteiger partial charge on any atom is 0.237 e. The standard InChI is InChI=1S/C12H11N3O/c1-8-9(2)16-12(11(8)6-13)15-7-10-4-3-5-14-10/h3-5,7,14H,1-2H3. The van der Waals surface area contributed by atoms with E-state index in [0.29, 0.717) is 11.4 Å². The third-order valence-electron chi connectivity index (χ3n) is 2.42. The van der Waals surface area contributed by atoms with Crippen LogP contribution in [0.15, 0.2) is 27.7 Å². The van der Waals surface area contributed by atoms with E-state index in [1.807, 2.05) is 32.2 Å². The lowest BCUT2D eigenvalue weighted by molar-refractivity contribution is 0.542. The van der Waals surface area contributed by atoms with E-state index in [0.717, 1.165) is 17.0 Å². The molecule has 4 heteroatoms. The van der Waals surface area contributed by atoms with Gasteiger partial charge in [0.2, 0.25) is 5.88 Å². The Morgan fingerprint density at radius 3 is 2.94 bits per heavy atom. The van der Waals surface area contributed by atoms with Crippen LogP contribution in [0.25, 0.3) is 0 Å². The maximum atomic E-state index is 8.98. The van der Waals surface area contributed by atoms with Gasteiger partial charge in [-0.2, -0.15) is 5.26 Å². The lowest BCUT2D eigenvalue weighted by Crippen LogP contribution is -1.79. The molecule has 16 heavy (non-hydrogen) atoms. The fourth-order valence-electron chi connectivity index (χ4n) is 1.38. The molecule has 2 rings (SSSR count). The molecule has 0 aliphatic heterocycles. The van der Waals surface area contributed by atoms with Gasteiger partial charge < -0.3 is 9.40 Å². The van der Waals surface area contributed by atoms with Crippen LogP contribution in [0.2, 0.25) is 0 Å². The number of nitriles is 1. The lowest BCUT2D eigenvalue weighted by Gasteiger charge is -1.87. The van der Waals surface area contributed by atoms with Crippen LogP contribution >= 0.6 is 0 Å². The van der Waals surface area contributed by atoms with Crippen molar-refractivity contribution in [1.82, 2.24) is 4.98 Å². The van der Waals surface area contributed by atoms with Crippen molar-refractivity contribution in [2.45, 2.75) is 13.8 Å². The quantitative estimate of drug-likeness (QED) is 0.779. The molecule has 0 fully saturated rings. The van der Waals surface area contributed by atoms with Crippen LogP contribution in [-0.4, -0.2) is 11.2 Å². The number of nitrogens with zero attached hydrogens (tertiary/aromatic N) is 2. The summed E-state index contributed by atoms with van der Waals surface area (Å²) in [6.07, 6.45) is 3.45. The van der Waals surface area contributed by atoms with Gasteiger partial charge in [-0.15, -0.1) is 0 Å². The van der Waals surface area contributed by atoms with Gasteiger partial charge >= 0.3 is 0 Å². The summed E-state index contributed by atoms with van der Waals surface area (Å²) in [5, 5.41) is 8.98. The van der Waals surface area contributed by atoms with Crippen LogP contribution in [0.4, 0.5) is 5.88 Å². The van der Waals surface area contributed by atoms with Gasteiger partial charge in [-0.3, -0.25) is 0 Å². The highest BCUT2D eigenvalue weighted by molar-refractivity contribution is 5.79. The topological polar surface area (TPSA) is 65.1 Å². The van der Waals surface area contributed by atoms with Gasteiger partial charge in [0.15, 0.2) is 0 Å². The molecule has 80 valence electrons. The first-order valence-corrected chi connectivity index (χ1v) is 4.90. The molecule has 0 saturated carbocycles. The van der Waals surface area contributed by atoms with Crippen LogP contribution in [0.5, 0.6) is 0 Å². The summed E-state index contributed by atoms with van der Waals surface area (Å²) in [5.74, 6) is 1.10. The minimum absolute atomic E-state index is 0.368. The second-order valence-corrected chi connectivity index (χ2v) is 3.46. The normalized spacial score (nSPS) is 10.8. The molecule has 2 aromatic heterocycles. The number of aliphatic imine (C=N–C) groups is 1. The van der Waals surface area contributed by atoms with Gasteiger partial charge in [-0.05, 0) is 26.0 Å². The minimum Gasteiger partial charge on any atom is -0.442 e. The number of furan rings is 1. The zero-order valence-corrected chi connectivity index (χ0v) is 9.11. The Balaban J connectivity index is 2.36. The van der Waals surface area contributed by atoms with E-state index in [1.165, 1.54) is 0 Å². The molecular weight excluding hydrogens is 202 g/mol. The second-order valence-electron chi connectivity index (χ2n) is 3.46. The average Bonchev–Trinajstić information content (AvgIpc) is 2.86. The molecule has 2 heterocycles. The number of aryl methyl sites for hydroxylation is 1. The Hall–Kier alpha value is -2.28. The molecule has 0 aliphatic carbocycles. The summed E-state index contributed by atoms with van der Waals surface area (Å²) in [6.45, 7) is 3.68. The molecule has 1 N–H and O–H groups in total. The highest BCUT2D eigenvalue weighted by Gasteiger charge is 2.12. The Bertz CT molecular complexity index is 556. The molecular formula is C12H11N3O. The van der Waals surface area contributed by atoms with Crippen molar-refractivity contribution in [2.24, 2.45) is 4.99 Å². The minimum atomic E-state index is 0.368. The molecule has 0 unspecified atom stereocenters. The van der Waals surface area contributed by atoms with Crippen LogP contribution in [0.1, 0.15) is 22.6 Å². The Kier molecular flexibility index (Phi) is 2.61. The summed E-state index contributed by atoms with van der Waals surface area (Å²) in [6, 6.07) is 5.86. The van der Waals surface area contributed by atoms with E-state index >= 15 is 0 Å². The molecule has 0 aromatic carbocycles. The van der Waals surface area contributed by atoms with Gasteiger partial charge in [0.1, 0.15) is 17.4 Å². The second kappa shape index (κ2) is 4.07. The SMILES string of the molecule is Cc1oc(N=Cc2ccc[nH]2)c(C#N)c1C. The van der Waals surface area contributed by atoms with Crippen LogP contribution < -0.4 is 0 Å². The van der Waals surface area contributed by atoms with Crippen molar-refractivity contribution < 1.29 is 4.42 Å². The van der Waals surface area contributed by atoms with E-state index in [4.69, 9.17) is 9.68 Å². The van der Waals surface area contributed by atoms with E-state index in [-0.39, 0.29) is 0 Å². The Morgan fingerprint density at radius 1 is 1.50 bits per heavy atom. The van der Waals surface area contributed by atoms with Crippen molar-refractivity contribution in [3.05, 3.63) is 40.9 Å². The maximum absolute atomic E-state index is 8.98. The molecule has 4 nitrogen and oxygen atoms in total.